The molecule has 318 valence electrons. The molecule has 0 bridgehead atoms. The molecule has 2 aromatic heterocycles. The summed E-state index contributed by atoms with van der Waals surface area (Å²) >= 11 is 0. The maximum Gasteiger partial charge on any atom is 0.246 e. The summed E-state index contributed by atoms with van der Waals surface area (Å²) in [5.74, 6) is 1.36. The molecular weight excluding hydrogens is 785 g/mol. The number of aromatic nitrogens is 4. The number of hydrogen-bond donors (Lipinski definition) is 2. The van der Waals surface area contributed by atoms with Gasteiger partial charge in [0.25, 0.3) is 0 Å². The first-order valence-electron chi connectivity index (χ1n) is 21.6. The Hall–Kier alpha value is -6.44. The smallest absolute Gasteiger partial charge is 0.246 e. The molecule has 0 unspecified atom stereocenters. The van der Waals surface area contributed by atoms with Crippen molar-refractivity contribution >= 4 is 39.4 Å². The van der Waals surface area contributed by atoms with E-state index in [0.29, 0.717) is 82.4 Å². The number of nitrogens with two attached hydrogens (primary N) is 1. The number of para-hydroxylation sites is 2. The second-order valence-corrected chi connectivity index (χ2v) is 15.8. The van der Waals surface area contributed by atoms with Crippen molar-refractivity contribution in [1.29, 1.82) is 0 Å². The Morgan fingerprint density at radius 1 is 0.629 bits per heavy atom. The van der Waals surface area contributed by atoms with E-state index in [2.05, 4.69) is 20.2 Å². The molecule has 0 spiro atoms. The van der Waals surface area contributed by atoms with Crippen LogP contribution in [0.25, 0.3) is 44.3 Å². The van der Waals surface area contributed by atoms with Crippen molar-refractivity contribution < 1.29 is 18.3 Å². The topological polar surface area (TPSA) is 118 Å². The van der Waals surface area contributed by atoms with Crippen molar-refractivity contribution in [2.24, 2.45) is 0 Å². The van der Waals surface area contributed by atoms with E-state index in [4.69, 9.17) is 35.1 Å². The number of nitrogens with one attached hydrogen (secondary N) is 1. The van der Waals surface area contributed by atoms with Crippen LogP contribution < -0.4 is 30.5 Å². The maximum atomic E-state index is 15.8. The van der Waals surface area contributed by atoms with Gasteiger partial charge in [0.1, 0.15) is 28.8 Å². The fourth-order valence-corrected chi connectivity index (χ4v) is 8.85. The third-order valence-electron chi connectivity index (χ3n) is 11.8. The van der Waals surface area contributed by atoms with E-state index in [1.807, 2.05) is 86.6 Å². The van der Waals surface area contributed by atoms with Gasteiger partial charge in [-0.2, -0.15) is 0 Å². The fourth-order valence-electron chi connectivity index (χ4n) is 8.85. The summed E-state index contributed by atoms with van der Waals surface area (Å²) in [4.78, 5) is 23.6. The van der Waals surface area contributed by atoms with Gasteiger partial charge in [-0.3, -0.25) is 4.90 Å². The third-order valence-corrected chi connectivity index (χ3v) is 11.8. The monoisotopic (exact) mass is 835 g/mol. The largest absolute Gasteiger partial charge is 0.492 e. The van der Waals surface area contributed by atoms with Crippen LogP contribution in [0.5, 0.6) is 11.5 Å². The average molecular weight is 836 g/mol. The van der Waals surface area contributed by atoms with Gasteiger partial charge < -0.3 is 20.5 Å². The normalized spacial score (nSPS) is 15.2. The lowest BCUT2D eigenvalue weighted by Gasteiger charge is -2.47. The van der Waals surface area contributed by atoms with Crippen LogP contribution in [0.15, 0.2) is 109 Å². The molecule has 5 aromatic carbocycles. The molecule has 7 aromatic rings. The van der Waals surface area contributed by atoms with Crippen LogP contribution in [-0.2, 0) is 6.54 Å². The molecule has 2 aliphatic heterocycles. The number of rotatable bonds is 13. The van der Waals surface area contributed by atoms with Crippen LogP contribution in [0.3, 0.4) is 0 Å². The summed E-state index contributed by atoms with van der Waals surface area (Å²) < 4.78 is 43.4. The highest BCUT2D eigenvalue weighted by molar-refractivity contribution is 5.94. The maximum absolute atomic E-state index is 15.8. The molecule has 13 heteroatoms. The highest BCUT2D eigenvalue weighted by Gasteiger charge is 2.38. The Kier molecular flexibility index (Phi) is 12.1. The van der Waals surface area contributed by atoms with Crippen LogP contribution >= 0.6 is 0 Å². The van der Waals surface area contributed by atoms with E-state index < -0.39 is 0 Å². The minimum absolute atomic E-state index is 0.0698. The second kappa shape index (κ2) is 18.3. The number of nitrogen functional groups attached to an aromatic ring is 1. The standard InChI is InChI=1S/C49H51F2N9O2/c1-3-61-43-29-32(30-44(45(43)52)62-4-2)31-58-27-23-34(24-28-58)60(49-55-42-20-12-8-16-38(42)47(57-49)36-14-6-10-18-40(36)51)59(33-21-25-53-26-22-33)48-54-41-19-11-7-15-37(41)46(56-48)35-13-5-9-17-39(35)50/h5-20,29-30,33-34,53H,3-4,21-28,31,52H2,1-2H3. The average Bonchev–Trinajstić information content (AvgIpc) is 3.30. The summed E-state index contributed by atoms with van der Waals surface area (Å²) in [5, 5.41) is 9.38. The molecular formula is C49H51F2N9O2. The lowest BCUT2D eigenvalue weighted by Crippen LogP contribution is -2.59. The highest BCUT2D eigenvalue weighted by atomic mass is 19.1. The van der Waals surface area contributed by atoms with Crippen molar-refractivity contribution in [3.05, 3.63) is 126 Å². The zero-order valence-corrected chi connectivity index (χ0v) is 35.1. The third kappa shape index (κ3) is 8.29. The Morgan fingerprint density at radius 2 is 1.08 bits per heavy atom. The SMILES string of the molecule is CCOc1cc(CN2CCC(N(c3nc(-c4ccccc4F)c4ccccc4n3)N(c3nc(-c4ccccc4F)c4ccccc4n3)C3CCNCC3)CC2)cc(OCC)c1N. The number of hydrazine groups is 1. The molecule has 0 amide bonds. The zero-order chi connectivity index (χ0) is 42.6. The summed E-state index contributed by atoms with van der Waals surface area (Å²) in [6, 6.07) is 32.8. The summed E-state index contributed by atoms with van der Waals surface area (Å²) in [5.41, 5.74) is 11.2. The summed E-state index contributed by atoms with van der Waals surface area (Å²) in [7, 11) is 0. The number of nitrogens with zero attached hydrogens (tertiary/aromatic N) is 7. The van der Waals surface area contributed by atoms with Gasteiger partial charge in [0.15, 0.2) is 0 Å². The van der Waals surface area contributed by atoms with Crippen molar-refractivity contribution in [3.8, 4) is 34.0 Å². The van der Waals surface area contributed by atoms with E-state index in [9.17, 15) is 0 Å². The van der Waals surface area contributed by atoms with Crippen molar-refractivity contribution in [3.63, 3.8) is 0 Å². The van der Waals surface area contributed by atoms with Gasteiger partial charge in [0, 0.05) is 41.5 Å². The first kappa shape index (κ1) is 40.9. The van der Waals surface area contributed by atoms with Crippen molar-refractivity contribution in [2.75, 3.05) is 55.1 Å². The molecule has 62 heavy (non-hydrogen) atoms. The highest BCUT2D eigenvalue weighted by Crippen LogP contribution is 2.38. The minimum Gasteiger partial charge on any atom is -0.492 e. The van der Waals surface area contributed by atoms with Crippen molar-refractivity contribution in [2.45, 2.75) is 58.2 Å². The van der Waals surface area contributed by atoms with Crippen molar-refractivity contribution in [1.82, 2.24) is 30.2 Å². The van der Waals surface area contributed by atoms with Crippen LogP contribution in [0.1, 0.15) is 45.1 Å². The van der Waals surface area contributed by atoms with Crippen LogP contribution in [0.4, 0.5) is 26.4 Å². The molecule has 4 heterocycles. The predicted octanol–water partition coefficient (Wildman–Crippen LogP) is 9.21. The van der Waals surface area contributed by atoms with Gasteiger partial charge in [-0.05, 0) is 107 Å². The van der Waals surface area contributed by atoms with Gasteiger partial charge in [0.2, 0.25) is 11.9 Å². The lowest BCUT2D eigenvalue weighted by molar-refractivity contribution is 0.196. The Morgan fingerprint density at radius 3 is 1.56 bits per heavy atom. The van der Waals surface area contributed by atoms with E-state index in [0.717, 1.165) is 68.2 Å². The number of anilines is 3. The number of fused-ring (bicyclic) bond motifs is 2. The van der Waals surface area contributed by atoms with Crippen LogP contribution in [0, 0.1) is 11.6 Å². The Balaban J connectivity index is 1.18. The van der Waals surface area contributed by atoms with E-state index >= 15 is 8.78 Å². The molecule has 2 saturated heterocycles. The number of likely N-dealkylation sites (tertiary alicyclic amines) is 1. The fraction of sp³-hybridized carbons (Fsp3) is 0.306. The Bertz CT molecular complexity index is 2660. The molecule has 0 aliphatic carbocycles. The van der Waals surface area contributed by atoms with Gasteiger partial charge in [-0.15, -0.1) is 0 Å². The molecule has 9 rings (SSSR count). The summed E-state index contributed by atoms with van der Waals surface area (Å²) in [6.45, 7) is 8.63. The molecule has 2 aliphatic rings. The molecule has 2 fully saturated rings. The second-order valence-electron chi connectivity index (χ2n) is 15.8. The number of benzene rings is 5. The van der Waals surface area contributed by atoms with Gasteiger partial charge in [-0.1, -0.05) is 60.7 Å². The van der Waals surface area contributed by atoms with E-state index in [1.165, 1.54) is 12.1 Å². The number of piperidine rings is 2. The number of ether oxygens (including phenoxy) is 2. The number of halogens is 2. The first-order valence-corrected chi connectivity index (χ1v) is 21.6. The minimum atomic E-state index is -0.368. The van der Waals surface area contributed by atoms with Gasteiger partial charge in [0.05, 0.1) is 47.7 Å². The zero-order valence-electron chi connectivity index (χ0n) is 35.1. The molecule has 11 nitrogen and oxygen atoms in total. The molecule has 0 radical (unpaired) electrons. The molecule has 0 atom stereocenters. The van der Waals surface area contributed by atoms with E-state index in [1.54, 1.807) is 24.3 Å². The quantitative estimate of drug-likeness (QED) is 0.0856. The predicted molar refractivity (Wildman–Crippen MR) is 242 cm³/mol. The van der Waals surface area contributed by atoms with Gasteiger partial charge >= 0.3 is 0 Å². The van der Waals surface area contributed by atoms with Gasteiger partial charge in [-0.25, -0.2) is 38.7 Å². The van der Waals surface area contributed by atoms with Crippen LogP contribution in [-0.4, -0.2) is 76.3 Å². The number of hydrogen-bond acceptors (Lipinski definition) is 11. The molecule has 0 saturated carbocycles. The first-order chi connectivity index (χ1) is 30.4. The van der Waals surface area contributed by atoms with E-state index in [-0.39, 0.29) is 23.7 Å². The Labute approximate surface area is 360 Å². The van der Waals surface area contributed by atoms with Crippen LogP contribution in [0.2, 0.25) is 0 Å². The summed E-state index contributed by atoms with van der Waals surface area (Å²) in [6.07, 6.45) is 3.06. The molecule has 3 N–H and O–H groups in total. The lowest BCUT2D eigenvalue weighted by atomic mass is 10.0.